The summed E-state index contributed by atoms with van der Waals surface area (Å²) in [7, 11) is -1.44. The zero-order chi connectivity index (χ0) is 13.2. The first-order chi connectivity index (χ1) is 8.51. The molecule has 0 saturated heterocycles. The molecule has 104 valence electrons. The minimum atomic E-state index is -1.44. The Bertz CT molecular complexity index is 301. The smallest absolute Gasteiger partial charge is 0.184 e. The quantitative estimate of drug-likeness (QED) is 0.519. The lowest BCUT2D eigenvalue weighted by molar-refractivity contribution is 0.178. The minimum Gasteiger partial charge on any atom is -0.412 e. The van der Waals surface area contributed by atoms with Gasteiger partial charge in [-0.2, -0.15) is 10.2 Å². The number of nitrogens with zero attached hydrogens (tertiary/aromatic N) is 2. The summed E-state index contributed by atoms with van der Waals surface area (Å²) in [6.45, 7) is 9.06. The van der Waals surface area contributed by atoms with Crippen LogP contribution >= 0.6 is 0 Å². The van der Waals surface area contributed by atoms with Crippen LogP contribution in [0.2, 0.25) is 19.6 Å². The molecule has 0 amide bonds. The van der Waals surface area contributed by atoms with Crippen molar-refractivity contribution in [2.75, 3.05) is 0 Å². The van der Waals surface area contributed by atoms with Gasteiger partial charge in [0.05, 0.1) is 12.1 Å². The van der Waals surface area contributed by atoms with Gasteiger partial charge in [0.2, 0.25) is 0 Å². The number of fused-ring (bicyclic) bond motifs is 1. The normalized spacial score (nSPS) is 35.1. The molecule has 0 aromatic rings. The molecule has 0 aromatic heterocycles. The van der Waals surface area contributed by atoms with Crippen LogP contribution < -0.4 is 0 Å². The summed E-state index contributed by atoms with van der Waals surface area (Å²) in [5, 5.41) is 9.08. The van der Waals surface area contributed by atoms with E-state index in [1.165, 1.54) is 38.5 Å². The van der Waals surface area contributed by atoms with Crippen LogP contribution in [0.3, 0.4) is 0 Å². The van der Waals surface area contributed by atoms with Crippen LogP contribution in [-0.4, -0.2) is 26.5 Å². The zero-order valence-corrected chi connectivity index (χ0v) is 13.4. The van der Waals surface area contributed by atoms with E-state index in [-0.39, 0.29) is 0 Å². The number of hydrogen-bond donors (Lipinski definition) is 0. The molecule has 4 heteroatoms. The van der Waals surface area contributed by atoms with Crippen LogP contribution in [0.25, 0.3) is 0 Å². The van der Waals surface area contributed by atoms with Crippen LogP contribution in [0.4, 0.5) is 0 Å². The summed E-state index contributed by atoms with van der Waals surface area (Å²) in [4.78, 5) is 0. The van der Waals surface area contributed by atoms with Gasteiger partial charge < -0.3 is 4.43 Å². The molecule has 18 heavy (non-hydrogen) atoms. The van der Waals surface area contributed by atoms with Gasteiger partial charge in [0.1, 0.15) is 6.04 Å². The van der Waals surface area contributed by atoms with Gasteiger partial charge in [-0.15, -0.1) is 0 Å². The van der Waals surface area contributed by atoms with Crippen LogP contribution in [-0.2, 0) is 4.43 Å². The van der Waals surface area contributed by atoms with Gasteiger partial charge in [0, 0.05) is 5.92 Å². The highest BCUT2D eigenvalue weighted by molar-refractivity contribution is 6.69. The molecule has 1 saturated carbocycles. The fourth-order valence-electron chi connectivity index (χ4n) is 3.26. The highest BCUT2D eigenvalue weighted by atomic mass is 28.4. The number of unbranched alkanes of at least 4 members (excludes halogenated alkanes) is 2. The third-order valence-corrected chi connectivity index (χ3v) is 5.06. The highest BCUT2D eigenvalue weighted by Gasteiger charge is 2.45. The van der Waals surface area contributed by atoms with Crippen molar-refractivity contribution in [3.8, 4) is 0 Å². The number of hydrogen-bond acceptors (Lipinski definition) is 3. The summed E-state index contributed by atoms with van der Waals surface area (Å²) in [5.74, 6) is 0.684. The van der Waals surface area contributed by atoms with Crippen molar-refractivity contribution in [2.24, 2.45) is 16.1 Å². The van der Waals surface area contributed by atoms with Gasteiger partial charge in [0.25, 0.3) is 0 Å². The Morgan fingerprint density at radius 3 is 2.56 bits per heavy atom. The highest BCUT2D eigenvalue weighted by Crippen LogP contribution is 2.41. The minimum absolute atomic E-state index is 0.363. The fraction of sp³-hybridized carbons (Fsp3) is 1.00. The number of azo groups is 1. The van der Waals surface area contributed by atoms with Gasteiger partial charge in [-0.05, 0) is 38.9 Å². The van der Waals surface area contributed by atoms with Gasteiger partial charge in [-0.1, -0.05) is 26.2 Å². The van der Waals surface area contributed by atoms with Gasteiger partial charge in [-0.3, -0.25) is 0 Å². The molecule has 4 atom stereocenters. The lowest BCUT2D eigenvalue weighted by Gasteiger charge is -2.25. The average Bonchev–Trinajstić information content (AvgIpc) is 2.81. The maximum absolute atomic E-state index is 6.27. The first-order valence-electron chi connectivity index (χ1n) is 7.59. The first-order valence-corrected chi connectivity index (χ1v) is 11.0. The Morgan fingerprint density at radius 1 is 1.11 bits per heavy atom. The maximum atomic E-state index is 6.27. The molecular weight excluding hydrogens is 240 g/mol. The van der Waals surface area contributed by atoms with Crippen LogP contribution in [0.1, 0.15) is 45.4 Å². The lowest BCUT2D eigenvalue weighted by atomic mass is 9.92. The molecule has 1 unspecified atom stereocenters. The fourth-order valence-corrected chi connectivity index (χ4v) is 4.43. The lowest BCUT2D eigenvalue weighted by Crippen LogP contribution is -2.36. The van der Waals surface area contributed by atoms with E-state index >= 15 is 0 Å². The van der Waals surface area contributed by atoms with E-state index in [2.05, 4.69) is 36.8 Å². The largest absolute Gasteiger partial charge is 0.412 e. The molecule has 1 aliphatic carbocycles. The molecule has 0 aromatic carbocycles. The molecule has 2 aliphatic rings. The van der Waals surface area contributed by atoms with Gasteiger partial charge in [0.15, 0.2) is 8.32 Å². The first kappa shape index (κ1) is 14.2. The third-order valence-electron chi connectivity index (χ3n) is 4.06. The topological polar surface area (TPSA) is 34.0 Å². The van der Waals surface area contributed by atoms with Crippen molar-refractivity contribution in [3.63, 3.8) is 0 Å². The molecule has 0 N–H and O–H groups in total. The molecule has 0 radical (unpaired) electrons. The van der Waals surface area contributed by atoms with E-state index < -0.39 is 8.32 Å². The molecule has 0 bridgehead atoms. The summed E-state index contributed by atoms with van der Waals surface area (Å²) in [6.07, 6.45) is 7.99. The van der Waals surface area contributed by atoms with E-state index in [4.69, 9.17) is 4.43 Å². The van der Waals surface area contributed by atoms with Crippen LogP contribution in [0, 0.1) is 5.92 Å². The Balaban J connectivity index is 1.85. The molecule has 1 heterocycles. The van der Waals surface area contributed by atoms with Crippen molar-refractivity contribution in [1.29, 1.82) is 0 Å². The van der Waals surface area contributed by atoms with Crippen molar-refractivity contribution in [3.05, 3.63) is 0 Å². The molecule has 0 spiro atoms. The monoisotopic (exact) mass is 268 g/mol. The van der Waals surface area contributed by atoms with E-state index in [0.717, 1.165) is 0 Å². The summed E-state index contributed by atoms with van der Waals surface area (Å²) >= 11 is 0. The molecular formula is C14H28N2OSi. The molecule has 1 fully saturated rings. The average molecular weight is 268 g/mol. The van der Waals surface area contributed by atoms with Crippen LogP contribution in [0.5, 0.6) is 0 Å². The van der Waals surface area contributed by atoms with E-state index in [1.54, 1.807) is 0 Å². The second-order valence-electron chi connectivity index (χ2n) is 6.79. The summed E-state index contributed by atoms with van der Waals surface area (Å²) in [6, 6.07) is 0.875. The van der Waals surface area contributed by atoms with E-state index in [1.807, 2.05) is 0 Å². The van der Waals surface area contributed by atoms with Gasteiger partial charge in [-0.25, -0.2) is 0 Å². The predicted molar refractivity (Wildman–Crippen MR) is 77.5 cm³/mol. The summed E-state index contributed by atoms with van der Waals surface area (Å²) < 4.78 is 6.27. The number of rotatable bonds is 6. The van der Waals surface area contributed by atoms with Crippen molar-refractivity contribution in [2.45, 2.75) is 83.3 Å². The zero-order valence-electron chi connectivity index (χ0n) is 12.4. The van der Waals surface area contributed by atoms with Crippen molar-refractivity contribution in [1.82, 2.24) is 0 Å². The van der Waals surface area contributed by atoms with Crippen molar-refractivity contribution >= 4 is 8.32 Å². The standard InChI is InChI=1S/C14H28N2OSi/c1-5-6-7-8-12-11-9-10-13(14(11)16-15-12)17-18(2,3)4/h11-14H,5-10H2,1-4H3/t11-,12+,13?,14+/m1/s1. The van der Waals surface area contributed by atoms with E-state index in [0.29, 0.717) is 24.1 Å². The van der Waals surface area contributed by atoms with E-state index in [9.17, 15) is 0 Å². The Labute approximate surface area is 113 Å². The second kappa shape index (κ2) is 5.82. The maximum Gasteiger partial charge on any atom is 0.184 e. The predicted octanol–water partition coefficient (Wildman–Crippen LogP) is 4.40. The van der Waals surface area contributed by atoms with Gasteiger partial charge >= 0.3 is 0 Å². The second-order valence-corrected chi connectivity index (χ2v) is 11.3. The third kappa shape index (κ3) is 3.41. The Kier molecular flexibility index (Phi) is 4.59. The Morgan fingerprint density at radius 2 is 1.89 bits per heavy atom. The Hall–Kier alpha value is -0.223. The summed E-state index contributed by atoms with van der Waals surface area (Å²) in [5.41, 5.74) is 0. The van der Waals surface area contributed by atoms with Crippen LogP contribution in [0.15, 0.2) is 10.2 Å². The SMILES string of the molecule is CCCCC[C@@H]1N=N[C@@H]2C(O[Si](C)(C)C)CC[C@H]12. The molecule has 3 nitrogen and oxygen atoms in total. The molecule has 2 rings (SSSR count). The molecule has 1 aliphatic heterocycles. The van der Waals surface area contributed by atoms with Crippen molar-refractivity contribution < 1.29 is 4.43 Å².